The zero-order chi connectivity index (χ0) is 26.0. The van der Waals surface area contributed by atoms with E-state index >= 15 is 0 Å². The molecular formula is C29H35NO4SSi. The maximum Gasteiger partial charge on any atom is 0.171 e. The number of ether oxygens (including phenoxy) is 2. The molecule has 1 aliphatic heterocycles. The van der Waals surface area contributed by atoms with Crippen molar-refractivity contribution < 1.29 is 18.7 Å². The number of anilines is 2. The van der Waals surface area contributed by atoms with Crippen LogP contribution in [0.1, 0.15) is 48.4 Å². The van der Waals surface area contributed by atoms with Crippen LogP contribution in [0.2, 0.25) is 13.1 Å². The van der Waals surface area contributed by atoms with Crippen molar-refractivity contribution in [2.75, 3.05) is 19.1 Å². The van der Waals surface area contributed by atoms with Crippen LogP contribution in [0.25, 0.3) is 0 Å². The molecule has 0 saturated carbocycles. The van der Waals surface area contributed by atoms with E-state index in [4.69, 9.17) is 13.9 Å². The fourth-order valence-corrected chi connectivity index (χ4v) is 7.08. The highest BCUT2D eigenvalue weighted by Crippen LogP contribution is 2.57. The Hall–Kier alpha value is -2.74. The summed E-state index contributed by atoms with van der Waals surface area (Å²) in [4.78, 5) is 16.6. The van der Waals surface area contributed by atoms with Crippen LogP contribution in [0.3, 0.4) is 0 Å². The number of benzene rings is 3. The minimum absolute atomic E-state index is 0.160. The highest BCUT2D eigenvalue weighted by atomic mass is 32.2. The summed E-state index contributed by atoms with van der Waals surface area (Å²) in [5, 5.41) is 0. The summed E-state index contributed by atoms with van der Waals surface area (Å²) >= 11 is 1.61. The summed E-state index contributed by atoms with van der Waals surface area (Å²) in [6.07, 6.45) is 0.738. The molecule has 0 aliphatic carbocycles. The molecule has 0 saturated heterocycles. The molecule has 36 heavy (non-hydrogen) atoms. The van der Waals surface area contributed by atoms with Crippen LogP contribution in [0, 0.1) is 5.41 Å². The molecule has 0 amide bonds. The Balaban J connectivity index is 2.01. The molecule has 0 fully saturated rings. The Morgan fingerprint density at radius 2 is 1.53 bits per heavy atom. The van der Waals surface area contributed by atoms with Crippen molar-refractivity contribution in [1.82, 2.24) is 0 Å². The minimum atomic E-state index is -1.39. The lowest BCUT2D eigenvalue weighted by molar-refractivity contribution is 0.0817. The molecule has 0 spiro atoms. The van der Waals surface area contributed by atoms with Crippen LogP contribution in [0.5, 0.6) is 11.5 Å². The second-order valence-corrected chi connectivity index (χ2v) is 13.7. The number of fused-ring (bicyclic) bond motifs is 2. The Morgan fingerprint density at radius 3 is 2.08 bits per heavy atom. The third-order valence-corrected chi connectivity index (χ3v) is 8.34. The summed E-state index contributed by atoms with van der Waals surface area (Å²) in [6.45, 7) is 11.7. The number of hydrogen-bond donors (Lipinski definition) is 0. The van der Waals surface area contributed by atoms with Gasteiger partial charge in [0, 0.05) is 17.0 Å². The average molecular weight is 522 g/mol. The largest absolute Gasteiger partial charge is 0.496 e. The van der Waals surface area contributed by atoms with Gasteiger partial charge in [-0.3, -0.25) is 4.79 Å². The van der Waals surface area contributed by atoms with Crippen LogP contribution in [0.15, 0.2) is 64.4 Å². The first kappa shape index (κ1) is 26.3. The zero-order valence-electron chi connectivity index (χ0n) is 22.1. The topological polar surface area (TPSA) is 48.0 Å². The van der Waals surface area contributed by atoms with E-state index in [1.807, 2.05) is 24.3 Å². The van der Waals surface area contributed by atoms with Gasteiger partial charge in [-0.05, 0) is 48.3 Å². The van der Waals surface area contributed by atoms with E-state index < -0.39 is 9.04 Å². The van der Waals surface area contributed by atoms with Gasteiger partial charge < -0.3 is 18.8 Å². The fraction of sp³-hybridized carbons (Fsp3) is 0.345. The number of hydrogen-bond acceptors (Lipinski definition) is 6. The molecule has 4 rings (SSSR count). The van der Waals surface area contributed by atoms with Gasteiger partial charge in [0.1, 0.15) is 11.5 Å². The molecular weight excluding hydrogens is 486 g/mol. The lowest BCUT2D eigenvalue weighted by atomic mass is 9.84. The molecule has 0 aromatic heterocycles. The molecule has 1 heterocycles. The molecule has 1 unspecified atom stereocenters. The first-order valence-electron chi connectivity index (χ1n) is 12.2. The number of aldehydes is 1. The number of rotatable bonds is 8. The normalized spacial score (nSPS) is 13.7. The van der Waals surface area contributed by atoms with E-state index in [2.05, 4.69) is 69.1 Å². The first-order valence-corrected chi connectivity index (χ1v) is 15.8. The summed E-state index contributed by atoms with van der Waals surface area (Å²) < 4.78 is 18.2. The lowest BCUT2D eigenvalue weighted by Gasteiger charge is -2.39. The summed E-state index contributed by atoms with van der Waals surface area (Å²) in [6, 6.07) is 18.5. The Bertz CT molecular complexity index is 1240. The van der Waals surface area contributed by atoms with Gasteiger partial charge in [0.15, 0.2) is 15.3 Å². The van der Waals surface area contributed by atoms with Crippen molar-refractivity contribution in [1.29, 1.82) is 0 Å². The predicted octanol–water partition coefficient (Wildman–Crippen LogP) is 7.41. The minimum Gasteiger partial charge on any atom is -0.496 e. The summed E-state index contributed by atoms with van der Waals surface area (Å²) in [5.74, 6) is 1.37. The van der Waals surface area contributed by atoms with Gasteiger partial charge in [0.25, 0.3) is 0 Å². The smallest absolute Gasteiger partial charge is 0.171 e. The maximum atomic E-state index is 12.3. The molecule has 3 aromatic rings. The predicted molar refractivity (Wildman–Crippen MR) is 150 cm³/mol. The van der Waals surface area contributed by atoms with Crippen molar-refractivity contribution in [2.24, 2.45) is 5.41 Å². The zero-order valence-corrected chi connectivity index (χ0v) is 24.1. The van der Waals surface area contributed by atoms with Gasteiger partial charge in [0.05, 0.1) is 42.2 Å². The molecule has 1 aliphatic rings. The Morgan fingerprint density at radius 1 is 0.917 bits per heavy atom. The van der Waals surface area contributed by atoms with E-state index in [1.165, 1.54) is 5.56 Å². The van der Waals surface area contributed by atoms with Crippen molar-refractivity contribution in [2.45, 2.75) is 56.3 Å². The van der Waals surface area contributed by atoms with Gasteiger partial charge in [-0.15, -0.1) is 0 Å². The molecule has 3 aromatic carbocycles. The first-order chi connectivity index (χ1) is 17.2. The second-order valence-electron chi connectivity index (χ2n) is 10.3. The monoisotopic (exact) mass is 521 g/mol. The van der Waals surface area contributed by atoms with E-state index in [1.54, 1.807) is 26.0 Å². The van der Waals surface area contributed by atoms with Gasteiger partial charge in [-0.1, -0.05) is 62.9 Å². The number of carbonyl (C=O) groups excluding carboxylic acids is 1. The van der Waals surface area contributed by atoms with Gasteiger partial charge >= 0.3 is 0 Å². The van der Waals surface area contributed by atoms with E-state index in [9.17, 15) is 4.79 Å². The summed E-state index contributed by atoms with van der Waals surface area (Å²) in [7, 11) is 1.92. The number of carbonyl (C=O) groups is 1. The molecule has 1 atom stereocenters. The molecule has 5 nitrogen and oxygen atoms in total. The van der Waals surface area contributed by atoms with E-state index in [0.29, 0.717) is 17.9 Å². The fourth-order valence-electron chi connectivity index (χ4n) is 4.64. The molecule has 0 radical (unpaired) electrons. The van der Waals surface area contributed by atoms with Crippen molar-refractivity contribution >= 4 is 38.5 Å². The van der Waals surface area contributed by atoms with Crippen LogP contribution >= 0.6 is 11.8 Å². The van der Waals surface area contributed by atoms with Crippen LogP contribution < -0.4 is 14.4 Å². The lowest BCUT2D eigenvalue weighted by Crippen LogP contribution is -2.28. The third-order valence-electron chi connectivity index (χ3n) is 6.25. The van der Waals surface area contributed by atoms with Crippen molar-refractivity contribution in [3.63, 3.8) is 0 Å². The number of methoxy groups -OCH3 is 2. The Labute approximate surface area is 220 Å². The van der Waals surface area contributed by atoms with E-state index in [-0.39, 0.29) is 11.5 Å². The van der Waals surface area contributed by atoms with Crippen LogP contribution in [-0.2, 0) is 11.0 Å². The average Bonchev–Trinajstić information content (AvgIpc) is 2.85. The number of nitrogens with zero attached hydrogens (tertiary/aromatic N) is 1. The van der Waals surface area contributed by atoms with Gasteiger partial charge in [-0.25, -0.2) is 0 Å². The Kier molecular flexibility index (Phi) is 7.83. The van der Waals surface area contributed by atoms with Gasteiger partial charge in [0.2, 0.25) is 0 Å². The van der Waals surface area contributed by atoms with Crippen LogP contribution in [-0.4, -0.2) is 29.5 Å². The second kappa shape index (κ2) is 10.7. The van der Waals surface area contributed by atoms with Crippen molar-refractivity contribution in [3.8, 4) is 11.5 Å². The van der Waals surface area contributed by atoms with Crippen molar-refractivity contribution in [3.05, 3.63) is 71.3 Å². The van der Waals surface area contributed by atoms with E-state index in [0.717, 1.165) is 38.8 Å². The molecule has 190 valence electrons. The molecule has 7 heteroatoms. The SMILES string of the molecule is COc1ccc2c(c1C=O)Sc1c(ccc(OC)c1C(O[SiH](C)C)C(C)(C)C)N2Cc1ccccc1. The molecule has 0 bridgehead atoms. The maximum absolute atomic E-state index is 12.3. The standard InChI is InChI=1S/C29H35NO4SSi/c1-29(2,3)28(34-36(6)7)25-24(33-5)16-14-22-27(25)35-26-20(18-31)23(32-4)15-13-21(26)30(22)17-19-11-9-8-10-12-19/h8-16,18,28,36H,17H2,1-7H3. The third kappa shape index (κ3) is 5.05. The molecule has 0 N–H and O–H groups in total. The summed E-state index contributed by atoms with van der Waals surface area (Å²) in [5.41, 5.74) is 4.69. The highest BCUT2D eigenvalue weighted by molar-refractivity contribution is 8.00. The highest BCUT2D eigenvalue weighted by Gasteiger charge is 2.37. The van der Waals surface area contributed by atoms with Crippen LogP contribution in [0.4, 0.5) is 11.4 Å². The van der Waals surface area contributed by atoms with Gasteiger partial charge in [-0.2, -0.15) is 0 Å². The quantitative estimate of drug-likeness (QED) is 0.227.